The number of hydrogen-bond acceptors (Lipinski definition) is 4. The molecule has 0 aromatic heterocycles. The van der Waals surface area contributed by atoms with E-state index in [0.29, 0.717) is 19.6 Å². The average Bonchev–Trinajstić information content (AvgIpc) is 2.71. The Balaban J connectivity index is 3.28. The van der Waals surface area contributed by atoms with E-state index in [2.05, 4.69) is 18.7 Å². The van der Waals surface area contributed by atoms with E-state index in [1.165, 1.54) is 83.5 Å². The lowest BCUT2D eigenvalue weighted by atomic mass is 10.0. The standard InChI is InChI=1S/C25H51NO3/c1-3-5-6-7-8-9-10-11-12-13-14-15-16-17-18-19-25(28)29-24-22-26(20-4-2)21-23-27/h27H,3-24H2,1-2H3. The van der Waals surface area contributed by atoms with Gasteiger partial charge in [-0.15, -0.1) is 0 Å². The molecule has 0 amide bonds. The predicted molar refractivity (Wildman–Crippen MR) is 124 cm³/mol. The van der Waals surface area contributed by atoms with Gasteiger partial charge in [-0.1, -0.05) is 104 Å². The molecule has 0 saturated carbocycles. The summed E-state index contributed by atoms with van der Waals surface area (Å²) in [6.45, 7) is 7.32. The van der Waals surface area contributed by atoms with Crippen LogP contribution in [0.25, 0.3) is 0 Å². The van der Waals surface area contributed by atoms with E-state index in [-0.39, 0.29) is 12.6 Å². The molecule has 0 aliphatic rings. The molecular weight excluding hydrogens is 362 g/mol. The number of rotatable bonds is 23. The molecule has 0 aliphatic carbocycles. The third kappa shape index (κ3) is 21.9. The van der Waals surface area contributed by atoms with Crippen molar-refractivity contribution in [3.63, 3.8) is 0 Å². The first-order valence-electron chi connectivity index (χ1n) is 12.7. The molecule has 0 aromatic carbocycles. The van der Waals surface area contributed by atoms with Crippen LogP contribution < -0.4 is 0 Å². The summed E-state index contributed by atoms with van der Waals surface area (Å²) in [4.78, 5) is 13.9. The van der Waals surface area contributed by atoms with Crippen LogP contribution in [0.1, 0.15) is 123 Å². The second-order valence-corrected chi connectivity index (χ2v) is 8.49. The molecule has 0 radical (unpaired) electrons. The average molecular weight is 414 g/mol. The summed E-state index contributed by atoms with van der Waals surface area (Å²) in [6, 6.07) is 0. The Hall–Kier alpha value is -0.610. The molecule has 1 N–H and O–H groups in total. The van der Waals surface area contributed by atoms with Gasteiger partial charge in [0.2, 0.25) is 0 Å². The second-order valence-electron chi connectivity index (χ2n) is 8.49. The van der Waals surface area contributed by atoms with E-state index in [0.717, 1.165) is 32.4 Å². The molecule has 0 atom stereocenters. The van der Waals surface area contributed by atoms with Crippen LogP contribution >= 0.6 is 0 Å². The summed E-state index contributed by atoms with van der Waals surface area (Å²) in [5.74, 6) is -0.0693. The summed E-state index contributed by atoms with van der Waals surface area (Å²) >= 11 is 0. The molecule has 0 saturated heterocycles. The highest BCUT2D eigenvalue weighted by Gasteiger charge is 2.06. The summed E-state index contributed by atoms with van der Waals surface area (Å²) in [5, 5.41) is 9.02. The van der Waals surface area contributed by atoms with E-state index < -0.39 is 0 Å². The van der Waals surface area contributed by atoms with Crippen molar-refractivity contribution in [3.8, 4) is 0 Å². The number of hydrogen-bond donors (Lipinski definition) is 1. The minimum Gasteiger partial charge on any atom is -0.464 e. The van der Waals surface area contributed by atoms with Crippen LogP contribution in [0.15, 0.2) is 0 Å². The number of aliphatic hydroxyl groups is 1. The summed E-state index contributed by atoms with van der Waals surface area (Å²) < 4.78 is 5.32. The zero-order valence-electron chi connectivity index (χ0n) is 19.8. The maximum Gasteiger partial charge on any atom is 0.305 e. The highest BCUT2D eigenvalue weighted by Crippen LogP contribution is 2.13. The van der Waals surface area contributed by atoms with Crippen LogP contribution in [0.2, 0.25) is 0 Å². The minimum atomic E-state index is -0.0693. The van der Waals surface area contributed by atoms with E-state index >= 15 is 0 Å². The van der Waals surface area contributed by atoms with E-state index in [9.17, 15) is 4.79 Å². The van der Waals surface area contributed by atoms with Crippen LogP contribution in [-0.4, -0.2) is 48.8 Å². The number of carbonyl (C=O) groups excluding carboxylic acids is 1. The van der Waals surface area contributed by atoms with Crippen LogP contribution in [0, 0.1) is 0 Å². The van der Waals surface area contributed by atoms with Crippen molar-refractivity contribution < 1.29 is 14.6 Å². The van der Waals surface area contributed by atoms with Crippen molar-refractivity contribution >= 4 is 5.97 Å². The summed E-state index contributed by atoms with van der Waals surface area (Å²) in [5.41, 5.74) is 0. The molecule has 4 heteroatoms. The monoisotopic (exact) mass is 413 g/mol. The van der Waals surface area contributed by atoms with Gasteiger partial charge in [0.05, 0.1) is 6.61 Å². The quantitative estimate of drug-likeness (QED) is 0.153. The Morgan fingerprint density at radius 3 is 1.59 bits per heavy atom. The highest BCUT2D eigenvalue weighted by molar-refractivity contribution is 5.69. The molecule has 0 aromatic rings. The fraction of sp³-hybridized carbons (Fsp3) is 0.960. The third-order valence-electron chi connectivity index (χ3n) is 5.61. The molecule has 0 spiro atoms. The number of unbranched alkanes of at least 4 members (excludes halogenated alkanes) is 14. The van der Waals surface area contributed by atoms with Gasteiger partial charge in [0.15, 0.2) is 0 Å². The van der Waals surface area contributed by atoms with Crippen molar-refractivity contribution in [2.75, 3.05) is 32.8 Å². The molecule has 4 nitrogen and oxygen atoms in total. The second kappa shape index (κ2) is 23.7. The summed E-state index contributed by atoms with van der Waals surface area (Å²) in [7, 11) is 0. The molecule has 0 bridgehead atoms. The largest absolute Gasteiger partial charge is 0.464 e. The first kappa shape index (κ1) is 28.4. The Morgan fingerprint density at radius 2 is 1.14 bits per heavy atom. The minimum absolute atomic E-state index is 0.0693. The molecule has 0 rings (SSSR count). The Labute approximate surface area is 181 Å². The zero-order valence-corrected chi connectivity index (χ0v) is 19.8. The van der Waals surface area contributed by atoms with Gasteiger partial charge < -0.3 is 9.84 Å². The van der Waals surface area contributed by atoms with Crippen LogP contribution in [0.5, 0.6) is 0 Å². The normalized spacial score (nSPS) is 11.3. The molecule has 0 fully saturated rings. The highest BCUT2D eigenvalue weighted by atomic mass is 16.5. The lowest BCUT2D eigenvalue weighted by Gasteiger charge is -2.20. The van der Waals surface area contributed by atoms with Gasteiger partial charge in [0.25, 0.3) is 0 Å². The number of nitrogens with zero attached hydrogens (tertiary/aromatic N) is 1. The van der Waals surface area contributed by atoms with E-state index in [4.69, 9.17) is 9.84 Å². The Bertz CT molecular complexity index is 330. The van der Waals surface area contributed by atoms with Gasteiger partial charge in [-0.2, -0.15) is 0 Å². The number of esters is 1. The third-order valence-corrected chi connectivity index (χ3v) is 5.61. The molecular formula is C25H51NO3. The molecule has 0 unspecified atom stereocenters. The van der Waals surface area contributed by atoms with Crippen LogP contribution in [0.4, 0.5) is 0 Å². The number of ether oxygens (including phenoxy) is 1. The van der Waals surface area contributed by atoms with Crippen LogP contribution in [0.3, 0.4) is 0 Å². The number of aliphatic hydroxyl groups excluding tert-OH is 1. The smallest absolute Gasteiger partial charge is 0.305 e. The fourth-order valence-electron chi connectivity index (χ4n) is 3.79. The molecule has 0 heterocycles. The first-order valence-corrected chi connectivity index (χ1v) is 12.7. The van der Waals surface area contributed by atoms with Crippen LogP contribution in [-0.2, 0) is 9.53 Å². The van der Waals surface area contributed by atoms with Gasteiger partial charge in [-0.25, -0.2) is 0 Å². The summed E-state index contributed by atoms with van der Waals surface area (Å²) in [6.07, 6.45) is 21.6. The Morgan fingerprint density at radius 1 is 0.655 bits per heavy atom. The topological polar surface area (TPSA) is 49.8 Å². The fourth-order valence-corrected chi connectivity index (χ4v) is 3.79. The maximum absolute atomic E-state index is 11.8. The molecule has 174 valence electrons. The van der Waals surface area contributed by atoms with Gasteiger partial charge in [-0.05, 0) is 19.4 Å². The molecule has 0 aliphatic heterocycles. The van der Waals surface area contributed by atoms with Gasteiger partial charge in [0, 0.05) is 19.5 Å². The van der Waals surface area contributed by atoms with E-state index in [1.54, 1.807) is 0 Å². The first-order chi connectivity index (χ1) is 14.2. The lowest BCUT2D eigenvalue weighted by Crippen LogP contribution is -2.31. The SMILES string of the molecule is CCCCCCCCCCCCCCCCCC(=O)OCCN(CCC)CCO. The predicted octanol–water partition coefficient (Wildman–Crippen LogP) is 6.50. The van der Waals surface area contributed by atoms with Crippen molar-refractivity contribution in [2.45, 2.75) is 123 Å². The van der Waals surface area contributed by atoms with Crippen molar-refractivity contribution in [3.05, 3.63) is 0 Å². The maximum atomic E-state index is 11.8. The van der Waals surface area contributed by atoms with Crippen molar-refractivity contribution in [2.24, 2.45) is 0 Å². The van der Waals surface area contributed by atoms with Gasteiger partial charge >= 0.3 is 5.97 Å². The molecule has 29 heavy (non-hydrogen) atoms. The van der Waals surface area contributed by atoms with Gasteiger partial charge in [-0.3, -0.25) is 9.69 Å². The lowest BCUT2D eigenvalue weighted by molar-refractivity contribution is -0.144. The zero-order chi connectivity index (χ0) is 21.4. The van der Waals surface area contributed by atoms with Gasteiger partial charge in [0.1, 0.15) is 6.61 Å². The number of carbonyl (C=O) groups is 1. The van der Waals surface area contributed by atoms with Crippen molar-refractivity contribution in [1.29, 1.82) is 0 Å². The van der Waals surface area contributed by atoms with Crippen molar-refractivity contribution in [1.82, 2.24) is 4.90 Å². The Kier molecular flexibility index (Phi) is 23.2. The van der Waals surface area contributed by atoms with E-state index in [1.807, 2.05) is 0 Å².